The Kier molecular flexibility index (Phi) is 3.42. The standard InChI is InChI=1S/C15H21N3O/c1-11-8-12(10-19-11)15(16)9-13-6-7-18(17-13)14-4-2-3-5-14/h6-8,10,14-15H,2-5,9,16H2,1H3. The summed E-state index contributed by atoms with van der Waals surface area (Å²) >= 11 is 0. The van der Waals surface area contributed by atoms with Gasteiger partial charge in [-0.05, 0) is 31.9 Å². The van der Waals surface area contributed by atoms with Crippen molar-refractivity contribution in [2.24, 2.45) is 5.73 Å². The normalized spacial score (nSPS) is 18.0. The van der Waals surface area contributed by atoms with E-state index in [2.05, 4.69) is 22.0 Å². The van der Waals surface area contributed by atoms with Crippen LogP contribution >= 0.6 is 0 Å². The Hall–Kier alpha value is -1.55. The first kappa shape index (κ1) is 12.5. The molecule has 4 nitrogen and oxygen atoms in total. The van der Waals surface area contributed by atoms with Crippen LogP contribution in [0.15, 0.2) is 29.0 Å². The molecular formula is C15H21N3O. The molecule has 0 spiro atoms. The third-order valence-electron chi connectivity index (χ3n) is 3.97. The molecule has 2 heterocycles. The third kappa shape index (κ3) is 2.73. The number of nitrogens with zero attached hydrogens (tertiary/aromatic N) is 2. The summed E-state index contributed by atoms with van der Waals surface area (Å²) in [4.78, 5) is 0. The molecule has 4 heteroatoms. The van der Waals surface area contributed by atoms with Gasteiger partial charge in [-0.2, -0.15) is 5.10 Å². The van der Waals surface area contributed by atoms with Crippen molar-refractivity contribution in [1.29, 1.82) is 0 Å². The lowest BCUT2D eigenvalue weighted by atomic mass is 10.1. The minimum Gasteiger partial charge on any atom is -0.469 e. The van der Waals surface area contributed by atoms with Crippen LogP contribution in [-0.4, -0.2) is 9.78 Å². The molecule has 1 saturated carbocycles. The molecule has 0 aliphatic heterocycles. The van der Waals surface area contributed by atoms with Crippen molar-refractivity contribution < 1.29 is 4.42 Å². The number of aryl methyl sites for hydroxylation is 1. The largest absolute Gasteiger partial charge is 0.469 e. The number of hydrogen-bond acceptors (Lipinski definition) is 3. The Bertz CT molecular complexity index is 537. The van der Waals surface area contributed by atoms with Crippen LogP contribution in [0, 0.1) is 6.92 Å². The lowest BCUT2D eigenvalue weighted by Crippen LogP contribution is -2.13. The smallest absolute Gasteiger partial charge is 0.101 e. The molecule has 1 aliphatic rings. The van der Waals surface area contributed by atoms with E-state index < -0.39 is 0 Å². The Balaban J connectivity index is 1.66. The zero-order valence-corrected chi connectivity index (χ0v) is 11.4. The molecule has 3 rings (SSSR count). The molecule has 1 atom stereocenters. The molecular weight excluding hydrogens is 238 g/mol. The molecule has 0 radical (unpaired) electrons. The predicted octanol–water partition coefficient (Wildman–Crippen LogP) is 3.14. The first-order valence-corrected chi connectivity index (χ1v) is 7.07. The van der Waals surface area contributed by atoms with E-state index in [-0.39, 0.29) is 6.04 Å². The van der Waals surface area contributed by atoms with E-state index in [4.69, 9.17) is 10.2 Å². The van der Waals surface area contributed by atoms with E-state index >= 15 is 0 Å². The fourth-order valence-electron chi connectivity index (χ4n) is 2.86. The molecule has 19 heavy (non-hydrogen) atoms. The van der Waals surface area contributed by atoms with E-state index in [1.165, 1.54) is 25.7 Å². The molecule has 0 aromatic carbocycles. The van der Waals surface area contributed by atoms with Crippen molar-refractivity contribution in [3.05, 3.63) is 41.6 Å². The molecule has 102 valence electrons. The van der Waals surface area contributed by atoms with Gasteiger partial charge in [0.15, 0.2) is 0 Å². The Labute approximate surface area is 113 Å². The van der Waals surface area contributed by atoms with Crippen LogP contribution in [-0.2, 0) is 6.42 Å². The third-order valence-corrected chi connectivity index (χ3v) is 3.97. The fraction of sp³-hybridized carbons (Fsp3) is 0.533. The molecule has 2 N–H and O–H groups in total. The highest BCUT2D eigenvalue weighted by atomic mass is 16.3. The molecule has 0 amide bonds. The van der Waals surface area contributed by atoms with E-state index in [0.29, 0.717) is 6.04 Å². The van der Waals surface area contributed by atoms with Gasteiger partial charge in [-0.15, -0.1) is 0 Å². The first-order valence-electron chi connectivity index (χ1n) is 7.07. The molecule has 1 fully saturated rings. The Morgan fingerprint density at radius 3 is 2.95 bits per heavy atom. The maximum Gasteiger partial charge on any atom is 0.101 e. The molecule has 0 bridgehead atoms. The average molecular weight is 259 g/mol. The lowest BCUT2D eigenvalue weighted by Gasteiger charge is -2.10. The number of hydrogen-bond donors (Lipinski definition) is 1. The summed E-state index contributed by atoms with van der Waals surface area (Å²) in [5.41, 5.74) is 8.31. The van der Waals surface area contributed by atoms with Crippen molar-refractivity contribution in [3.8, 4) is 0 Å². The second-order valence-electron chi connectivity index (χ2n) is 5.53. The van der Waals surface area contributed by atoms with E-state index in [1.807, 2.05) is 13.0 Å². The summed E-state index contributed by atoms with van der Waals surface area (Å²) in [5, 5.41) is 4.67. The van der Waals surface area contributed by atoms with E-state index in [9.17, 15) is 0 Å². The van der Waals surface area contributed by atoms with Gasteiger partial charge >= 0.3 is 0 Å². The molecule has 2 aromatic rings. The quantitative estimate of drug-likeness (QED) is 0.917. The van der Waals surface area contributed by atoms with Crippen molar-refractivity contribution >= 4 is 0 Å². The fourth-order valence-corrected chi connectivity index (χ4v) is 2.86. The summed E-state index contributed by atoms with van der Waals surface area (Å²) in [6, 6.07) is 4.65. The van der Waals surface area contributed by atoms with Crippen molar-refractivity contribution in [2.45, 2.75) is 51.1 Å². The predicted molar refractivity (Wildman–Crippen MR) is 73.8 cm³/mol. The Morgan fingerprint density at radius 2 is 2.26 bits per heavy atom. The summed E-state index contributed by atoms with van der Waals surface area (Å²) in [6.45, 7) is 1.94. The van der Waals surface area contributed by atoms with Crippen LogP contribution in [0.3, 0.4) is 0 Å². The van der Waals surface area contributed by atoms with Crippen LogP contribution in [0.1, 0.15) is 54.8 Å². The summed E-state index contributed by atoms with van der Waals surface area (Å²) in [6.07, 6.45) is 9.77. The number of aromatic nitrogens is 2. The van der Waals surface area contributed by atoms with Crippen molar-refractivity contribution in [2.75, 3.05) is 0 Å². The maximum atomic E-state index is 6.19. The summed E-state index contributed by atoms with van der Waals surface area (Å²) in [7, 11) is 0. The summed E-state index contributed by atoms with van der Waals surface area (Å²) in [5.74, 6) is 0.905. The van der Waals surface area contributed by atoms with Crippen LogP contribution < -0.4 is 5.73 Å². The zero-order chi connectivity index (χ0) is 13.2. The second-order valence-corrected chi connectivity index (χ2v) is 5.53. The van der Waals surface area contributed by atoms with Gasteiger partial charge in [0.1, 0.15) is 5.76 Å². The first-order chi connectivity index (χ1) is 9.22. The van der Waals surface area contributed by atoms with Gasteiger partial charge in [-0.1, -0.05) is 12.8 Å². The number of nitrogens with two attached hydrogens (primary N) is 1. The van der Waals surface area contributed by atoms with Crippen LogP contribution in [0.2, 0.25) is 0 Å². The second kappa shape index (κ2) is 5.21. The van der Waals surface area contributed by atoms with Gasteiger partial charge in [0.05, 0.1) is 18.0 Å². The number of furan rings is 1. The van der Waals surface area contributed by atoms with Gasteiger partial charge in [-0.3, -0.25) is 4.68 Å². The van der Waals surface area contributed by atoms with Crippen molar-refractivity contribution in [1.82, 2.24) is 9.78 Å². The van der Waals surface area contributed by atoms with E-state index in [1.54, 1.807) is 6.26 Å². The average Bonchev–Trinajstić information content (AvgIpc) is 3.07. The van der Waals surface area contributed by atoms with Crippen LogP contribution in [0.5, 0.6) is 0 Å². The van der Waals surface area contributed by atoms with Gasteiger partial charge in [0.25, 0.3) is 0 Å². The van der Waals surface area contributed by atoms with Gasteiger partial charge in [0.2, 0.25) is 0 Å². The van der Waals surface area contributed by atoms with E-state index in [0.717, 1.165) is 23.4 Å². The highest BCUT2D eigenvalue weighted by Crippen LogP contribution is 2.29. The Morgan fingerprint density at radius 1 is 1.47 bits per heavy atom. The minimum absolute atomic E-state index is 0.0376. The lowest BCUT2D eigenvalue weighted by molar-refractivity contribution is 0.461. The van der Waals surface area contributed by atoms with Crippen molar-refractivity contribution in [3.63, 3.8) is 0 Å². The monoisotopic (exact) mass is 259 g/mol. The number of rotatable bonds is 4. The molecule has 1 unspecified atom stereocenters. The van der Waals surface area contributed by atoms with Gasteiger partial charge in [0, 0.05) is 24.2 Å². The molecule has 2 aromatic heterocycles. The van der Waals surface area contributed by atoms with Gasteiger partial charge in [-0.25, -0.2) is 0 Å². The van der Waals surface area contributed by atoms with Crippen LogP contribution in [0.25, 0.3) is 0 Å². The summed E-state index contributed by atoms with van der Waals surface area (Å²) < 4.78 is 7.42. The highest BCUT2D eigenvalue weighted by Gasteiger charge is 2.18. The topological polar surface area (TPSA) is 57.0 Å². The zero-order valence-electron chi connectivity index (χ0n) is 11.4. The van der Waals surface area contributed by atoms with Crippen LogP contribution in [0.4, 0.5) is 0 Å². The highest BCUT2D eigenvalue weighted by molar-refractivity contribution is 5.18. The molecule has 0 saturated heterocycles. The maximum absolute atomic E-state index is 6.19. The molecule has 1 aliphatic carbocycles. The minimum atomic E-state index is -0.0376. The SMILES string of the molecule is Cc1cc(C(N)Cc2ccn(C3CCCC3)n2)co1. The van der Waals surface area contributed by atoms with Gasteiger partial charge < -0.3 is 10.2 Å².